The maximum atomic E-state index is 12.7. The summed E-state index contributed by atoms with van der Waals surface area (Å²) >= 11 is 0. The molecule has 1 amide bonds. The molecular formula is C36H41N3O6. The number of ether oxygens (including phenoxy) is 3. The van der Waals surface area contributed by atoms with Crippen LogP contribution in [0.4, 0.5) is 10.6 Å². The lowest BCUT2D eigenvalue weighted by Crippen LogP contribution is -2.40. The number of piperidine rings is 1. The predicted octanol–water partition coefficient (Wildman–Crippen LogP) is 5.77. The highest BCUT2D eigenvalue weighted by molar-refractivity contribution is 5.89. The number of hydrogen-bond donors (Lipinski definition) is 1. The van der Waals surface area contributed by atoms with Crippen LogP contribution < -0.4 is 9.64 Å². The fraction of sp³-hybridized carbons (Fsp3) is 0.472. The van der Waals surface area contributed by atoms with Crippen molar-refractivity contribution in [2.24, 2.45) is 17.3 Å². The number of aliphatic carboxylic acids is 1. The van der Waals surface area contributed by atoms with Crippen LogP contribution in [-0.2, 0) is 33.8 Å². The molecule has 5 aliphatic rings. The second-order valence-electron chi connectivity index (χ2n) is 14.0. The highest BCUT2D eigenvalue weighted by atomic mass is 16.6. The number of amides is 1. The third-order valence-corrected chi connectivity index (χ3v) is 10.0. The number of carbonyl (C=O) groups excluding carboxylic acids is 1. The van der Waals surface area contributed by atoms with E-state index in [1.54, 1.807) is 12.0 Å². The normalized spacial score (nSPS) is 25.8. The van der Waals surface area contributed by atoms with Crippen LogP contribution in [0.5, 0.6) is 5.75 Å². The molecule has 1 N–H and O–H groups in total. The van der Waals surface area contributed by atoms with E-state index >= 15 is 0 Å². The number of methoxy groups -OCH3 is 1. The number of nitrogens with zero attached hydrogens (tertiary/aromatic N) is 3. The second-order valence-corrected chi connectivity index (χ2v) is 14.0. The molecule has 45 heavy (non-hydrogen) atoms. The summed E-state index contributed by atoms with van der Waals surface area (Å²) in [6.45, 7) is 11.7. The van der Waals surface area contributed by atoms with Crippen molar-refractivity contribution in [1.82, 2.24) is 9.88 Å². The fourth-order valence-electron chi connectivity index (χ4n) is 7.98. The van der Waals surface area contributed by atoms with Crippen LogP contribution >= 0.6 is 0 Å². The van der Waals surface area contributed by atoms with Gasteiger partial charge in [0.1, 0.15) is 29.2 Å². The molecule has 1 aromatic heterocycles. The Labute approximate surface area is 264 Å². The highest BCUT2D eigenvalue weighted by Gasteiger charge is 2.97. The Balaban J connectivity index is 1.10. The number of aromatic nitrogens is 1. The summed E-state index contributed by atoms with van der Waals surface area (Å²) in [6, 6.07) is 16.4. The molecule has 2 unspecified atom stereocenters. The van der Waals surface area contributed by atoms with Crippen molar-refractivity contribution in [1.29, 1.82) is 0 Å². The molecule has 0 radical (unpaired) electrons. The van der Waals surface area contributed by atoms with Crippen molar-refractivity contribution in [2.75, 3.05) is 25.2 Å². The Morgan fingerprint density at radius 3 is 2.53 bits per heavy atom. The molecule has 3 aliphatic heterocycles. The number of rotatable bonds is 8. The maximum absolute atomic E-state index is 12.7. The van der Waals surface area contributed by atoms with Crippen molar-refractivity contribution in [3.63, 3.8) is 0 Å². The first-order chi connectivity index (χ1) is 21.5. The van der Waals surface area contributed by atoms with Crippen LogP contribution in [0.15, 0.2) is 48.5 Å². The quantitative estimate of drug-likeness (QED) is 0.343. The van der Waals surface area contributed by atoms with Gasteiger partial charge in [0.2, 0.25) is 0 Å². The van der Waals surface area contributed by atoms with E-state index in [9.17, 15) is 14.7 Å². The van der Waals surface area contributed by atoms with Gasteiger partial charge in [-0.05, 0) is 87.1 Å². The van der Waals surface area contributed by atoms with Crippen molar-refractivity contribution in [3.05, 3.63) is 76.3 Å². The lowest BCUT2D eigenvalue weighted by atomic mass is 9.90. The SMILES string of the molecule is COC[C@@H]1N(c2cccc(-c3cccc(C)c3OCc3cc(C)c4c(c3)CCN(C(=O)OC(C)(C)C)C4)n2)C2C3[C@H]2[C@@]31C(=O)O. The number of hydrogen-bond acceptors (Lipinski definition) is 7. The zero-order valence-electron chi connectivity index (χ0n) is 26.8. The minimum atomic E-state index is -0.721. The van der Waals surface area contributed by atoms with Gasteiger partial charge < -0.3 is 29.1 Å². The first kappa shape index (κ1) is 29.6. The minimum absolute atomic E-state index is 0.193. The van der Waals surface area contributed by atoms with Gasteiger partial charge in [0.15, 0.2) is 0 Å². The van der Waals surface area contributed by atoms with Gasteiger partial charge in [0.05, 0.1) is 18.3 Å². The van der Waals surface area contributed by atoms with E-state index < -0.39 is 17.0 Å². The highest BCUT2D eigenvalue weighted by Crippen LogP contribution is 2.86. The molecule has 2 saturated heterocycles. The number of benzene rings is 2. The number of carboxylic acid groups (broad SMARTS) is 1. The van der Waals surface area contributed by atoms with Gasteiger partial charge in [-0.25, -0.2) is 9.78 Å². The second kappa shape index (κ2) is 10.5. The zero-order valence-corrected chi connectivity index (χ0v) is 26.8. The van der Waals surface area contributed by atoms with Gasteiger partial charge in [-0.1, -0.05) is 30.3 Å². The lowest BCUT2D eigenvalue weighted by molar-refractivity contribution is -0.146. The predicted molar refractivity (Wildman–Crippen MR) is 169 cm³/mol. The Bertz CT molecular complexity index is 1690. The summed E-state index contributed by atoms with van der Waals surface area (Å²) in [4.78, 5) is 34.0. The summed E-state index contributed by atoms with van der Waals surface area (Å²) < 4.78 is 17.6. The molecule has 5 atom stereocenters. The first-order valence-corrected chi connectivity index (χ1v) is 15.8. The molecule has 3 aromatic rings. The van der Waals surface area contributed by atoms with Crippen LogP contribution in [-0.4, -0.2) is 65.0 Å². The van der Waals surface area contributed by atoms with Crippen LogP contribution in [0.2, 0.25) is 0 Å². The van der Waals surface area contributed by atoms with Gasteiger partial charge in [0.25, 0.3) is 0 Å². The molecule has 8 rings (SSSR count). The van der Waals surface area contributed by atoms with Crippen LogP contribution in [0.3, 0.4) is 0 Å². The molecule has 2 aromatic carbocycles. The Hall–Kier alpha value is -4.11. The minimum Gasteiger partial charge on any atom is -0.488 e. The van der Waals surface area contributed by atoms with Crippen LogP contribution in [0.1, 0.15) is 48.6 Å². The lowest BCUT2D eigenvalue weighted by Gasteiger charge is -2.32. The average Bonchev–Trinajstić information content (AvgIpc) is 3.83. The van der Waals surface area contributed by atoms with Gasteiger partial charge in [-0.3, -0.25) is 4.79 Å². The molecule has 4 fully saturated rings. The maximum Gasteiger partial charge on any atom is 0.410 e. The van der Waals surface area contributed by atoms with E-state index in [-0.39, 0.29) is 30.0 Å². The summed E-state index contributed by atoms with van der Waals surface area (Å²) in [5.41, 5.74) is 6.10. The number of para-hydroxylation sites is 1. The topological polar surface area (TPSA) is 101 Å². The number of pyridine rings is 1. The molecule has 2 aliphatic carbocycles. The summed E-state index contributed by atoms with van der Waals surface area (Å²) in [7, 11) is 1.63. The summed E-state index contributed by atoms with van der Waals surface area (Å²) in [6.07, 6.45) is 0.491. The molecule has 2 saturated carbocycles. The van der Waals surface area contributed by atoms with Crippen molar-refractivity contribution in [3.8, 4) is 17.0 Å². The van der Waals surface area contributed by atoms with Crippen molar-refractivity contribution >= 4 is 17.9 Å². The number of aryl methyl sites for hydroxylation is 2. The van der Waals surface area contributed by atoms with Gasteiger partial charge in [0, 0.05) is 43.6 Å². The number of fused-ring (bicyclic) bond motifs is 2. The van der Waals surface area contributed by atoms with Gasteiger partial charge in [-0.2, -0.15) is 0 Å². The van der Waals surface area contributed by atoms with E-state index in [0.29, 0.717) is 26.3 Å². The molecule has 4 heterocycles. The molecule has 2 bridgehead atoms. The standard InChI is InChI=1S/C36H41N3O6/c1-20-9-7-10-24(26-11-8-12-28(37-26)39-27(19-43-6)36(33(40)41)29-30(36)31(29)39)32(20)44-18-22-15-21(2)25-17-38(14-13-23(25)16-22)34(42)45-35(3,4)5/h7-12,15-16,27,29-31H,13-14,17-19H2,1-6H3,(H,40,41)/t27-,29+,30?,31?,36+/m0/s1. The zero-order chi connectivity index (χ0) is 31.8. The molecule has 9 nitrogen and oxygen atoms in total. The number of carbonyl (C=O) groups is 2. The van der Waals surface area contributed by atoms with E-state index in [1.807, 2.05) is 64.1 Å². The van der Waals surface area contributed by atoms with E-state index in [1.165, 1.54) is 11.1 Å². The van der Waals surface area contributed by atoms with Crippen LogP contribution in [0.25, 0.3) is 11.3 Å². The number of anilines is 1. The average molecular weight is 612 g/mol. The monoisotopic (exact) mass is 611 g/mol. The fourth-order valence-corrected chi connectivity index (χ4v) is 7.98. The Morgan fingerprint density at radius 1 is 1.07 bits per heavy atom. The summed E-state index contributed by atoms with van der Waals surface area (Å²) in [5.74, 6) is 1.23. The summed E-state index contributed by atoms with van der Waals surface area (Å²) in [5, 5.41) is 10.1. The first-order valence-electron chi connectivity index (χ1n) is 15.8. The van der Waals surface area contributed by atoms with Crippen molar-refractivity contribution < 1.29 is 28.9 Å². The molecular weight excluding hydrogens is 570 g/mol. The van der Waals surface area contributed by atoms with Crippen LogP contribution in [0, 0.1) is 31.1 Å². The van der Waals surface area contributed by atoms with Gasteiger partial charge in [-0.15, -0.1) is 0 Å². The third kappa shape index (κ3) is 4.74. The van der Waals surface area contributed by atoms with E-state index in [0.717, 1.165) is 45.9 Å². The largest absolute Gasteiger partial charge is 0.488 e. The Morgan fingerprint density at radius 2 is 1.82 bits per heavy atom. The molecule has 236 valence electrons. The molecule has 0 spiro atoms. The van der Waals surface area contributed by atoms with E-state index in [4.69, 9.17) is 19.2 Å². The number of carboxylic acids is 1. The van der Waals surface area contributed by atoms with E-state index in [2.05, 4.69) is 24.0 Å². The third-order valence-electron chi connectivity index (χ3n) is 10.0. The van der Waals surface area contributed by atoms with Crippen molar-refractivity contribution in [2.45, 2.75) is 71.9 Å². The Kier molecular flexibility index (Phi) is 6.89. The smallest absolute Gasteiger partial charge is 0.410 e. The molecule has 9 heteroatoms. The van der Waals surface area contributed by atoms with Gasteiger partial charge >= 0.3 is 12.1 Å².